The molecule has 0 aromatic carbocycles. The molecule has 0 bridgehead atoms. The Hall–Kier alpha value is -0.960. The summed E-state index contributed by atoms with van der Waals surface area (Å²) in [5.41, 5.74) is -0.759. The molecule has 0 unspecified atom stereocenters. The van der Waals surface area contributed by atoms with Gasteiger partial charge in [0.15, 0.2) is 0 Å². The van der Waals surface area contributed by atoms with Crippen LogP contribution in [0.4, 0.5) is 4.39 Å². The SMILES string of the molecule is CC(C)c1cccc(C2(O)CC(C)(F)C2)n1. The Morgan fingerprint density at radius 2 is 2.00 bits per heavy atom. The van der Waals surface area contributed by atoms with Crippen LogP contribution in [-0.4, -0.2) is 15.8 Å². The van der Waals surface area contributed by atoms with Crippen LogP contribution in [0, 0.1) is 0 Å². The van der Waals surface area contributed by atoms with E-state index in [1.54, 1.807) is 6.07 Å². The molecule has 3 heteroatoms. The minimum Gasteiger partial charge on any atom is -0.383 e. The molecule has 1 N–H and O–H groups in total. The van der Waals surface area contributed by atoms with Crippen molar-refractivity contribution in [2.24, 2.45) is 0 Å². The van der Waals surface area contributed by atoms with Crippen LogP contribution in [-0.2, 0) is 5.60 Å². The van der Waals surface area contributed by atoms with Gasteiger partial charge in [0.1, 0.15) is 11.3 Å². The van der Waals surface area contributed by atoms with Crippen LogP contribution >= 0.6 is 0 Å². The van der Waals surface area contributed by atoms with E-state index in [0.717, 1.165) is 5.69 Å². The predicted octanol–water partition coefficient (Wildman–Crippen LogP) is 2.91. The van der Waals surface area contributed by atoms with Crippen molar-refractivity contribution in [2.45, 2.75) is 50.8 Å². The molecule has 0 saturated heterocycles. The van der Waals surface area contributed by atoms with Crippen molar-refractivity contribution in [1.82, 2.24) is 4.98 Å². The number of pyridine rings is 1. The summed E-state index contributed by atoms with van der Waals surface area (Å²) < 4.78 is 13.5. The lowest BCUT2D eigenvalue weighted by Crippen LogP contribution is -2.50. The second kappa shape index (κ2) is 3.52. The van der Waals surface area contributed by atoms with Crippen molar-refractivity contribution in [3.8, 4) is 0 Å². The Kier molecular flexibility index (Phi) is 2.54. The summed E-state index contributed by atoms with van der Waals surface area (Å²) in [6.07, 6.45) is 0.295. The van der Waals surface area contributed by atoms with Gasteiger partial charge in [-0.25, -0.2) is 4.39 Å². The summed E-state index contributed by atoms with van der Waals surface area (Å²) >= 11 is 0. The lowest BCUT2D eigenvalue weighted by atomic mass is 9.68. The molecule has 1 heterocycles. The number of rotatable bonds is 2. The van der Waals surface area contributed by atoms with E-state index >= 15 is 0 Å². The van der Waals surface area contributed by atoms with Gasteiger partial charge in [0.05, 0.1) is 5.69 Å². The highest BCUT2D eigenvalue weighted by molar-refractivity contribution is 5.23. The van der Waals surface area contributed by atoms with E-state index in [9.17, 15) is 9.50 Å². The molecule has 0 aliphatic heterocycles. The molecule has 0 amide bonds. The van der Waals surface area contributed by atoms with E-state index in [2.05, 4.69) is 18.8 Å². The summed E-state index contributed by atoms with van der Waals surface area (Å²) in [6, 6.07) is 5.59. The smallest absolute Gasteiger partial charge is 0.114 e. The lowest BCUT2D eigenvalue weighted by Gasteiger charge is -2.46. The van der Waals surface area contributed by atoms with Crippen LogP contribution in [0.5, 0.6) is 0 Å². The average molecular weight is 223 g/mol. The van der Waals surface area contributed by atoms with E-state index in [-0.39, 0.29) is 12.8 Å². The zero-order valence-corrected chi connectivity index (χ0v) is 10.00. The zero-order chi connectivity index (χ0) is 12.0. The number of aliphatic hydroxyl groups is 1. The molecule has 1 aliphatic carbocycles. The molecule has 2 nitrogen and oxygen atoms in total. The van der Waals surface area contributed by atoms with Gasteiger partial charge >= 0.3 is 0 Å². The third kappa shape index (κ3) is 1.96. The van der Waals surface area contributed by atoms with Gasteiger partial charge in [-0.2, -0.15) is 0 Å². The van der Waals surface area contributed by atoms with E-state index in [1.807, 2.05) is 12.1 Å². The molecule has 1 aliphatic rings. The van der Waals surface area contributed by atoms with Crippen molar-refractivity contribution in [2.75, 3.05) is 0 Å². The molecular formula is C13H18FNO. The van der Waals surface area contributed by atoms with Gasteiger partial charge in [0.25, 0.3) is 0 Å². The molecule has 0 radical (unpaired) electrons. The molecule has 88 valence electrons. The Morgan fingerprint density at radius 1 is 1.38 bits per heavy atom. The van der Waals surface area contributed by atoms with Crippen LogP contribution in [0.25, 0.3) is 0 Å². The normalized spacial score (nSPS) is 33.9. The molecule has 2 rings (SSSR count). The highest BCUT2D eigenvalue weighted by Crippen LogP contribution is 2.49. The summed E-state index contributed by atoms with van der Waals surface area (Å²) in [4.78, 5) is 4.41. The first-order valence-corrected chi connectivity index (χ1v) is 5.71. The van der Waals surface area contributed by atoms with Gasteiger partial charge in [-0.05, 0) is 25.0 Å². The number of alkyl halides is 1. The molecule has 0 spiro atoms. The minimum absolute atomic E-state index is 0.147. The highest BCUT2D eigenvalue weighted by atomic mass is 19.1. The second-order valence-corrected chi connectivity index (χ2v) is 5.40. The zero-order valence-electron chi connectivity index (χ0n) is 10.00. The van der Waals surface area contributed by atoms with Crippen molar-refractivity contribution >= 4 is 0 Å². The fraction of sp³-hybridized carbons (Fsp3) is 0.615. The number of aromatic nitrogens is 1. The van der Waals surface area contributed by atoms with Gasteiger partial charge in [0, 0.05) is 18.5 Å². The largest absolute Gasteiger partial charge is 0.383 e. The van der Waals surface area contributed by atoms with Crippen molar-refractivity contribution in [1.29, 1.82) is 0 Å². The third-order valence-corrected chi connectivity index (χ3v) is 3.16. The van der Waals surface area contributed by atoms with Gasteiger partial charge in [-0.1, -0.05) is 19.9 Å². The molecular weight excluding hydrogens is 205 g/mol. The third-order valence-electron chi connectivity index (χ3n) is 3.16. The van der Waals surface area contributed by atoms with E-state index in [1.165, 1.54) is 6.92 Å². The summed E-state index contributed by atoms with van der Waals surface area (Å²) in [5.74, 6) is 0.320. The Morgan fingerprint density at radius 3 is 2.50 bits per heavy atom. The highest BCUT2D eigenvalue weighted by Gasteiger charge is 2.53. The Bertz CT molecular complexity index is 393. The fourth-order valence-corrected chi connectivity index (χ4v) is 2.38. The number of hydrogen-bond acceptors (Lipinski definition) is 2. The van der Waals surface area contributed by atoms with Gasteiger partial charge in [0.2, 0.25) is 0 Å². The number of hydrogen-bond donors (Lipinski definition) is 1. The van der Waals surface area contributed by atoms with Crippen LogP contribution in [0.1, 0.15) is 50.9 Å². The fourth-order valence-electron chi connectivity index (χ4n) is 2.38. The minimum atomic E-state index is -1.25. The summed E-state index contributed by atoms with van der Waals surface area (Å²) in [7, 11) is 0. The average Bonchev–Trinajstić information content (AvgIpc) is 2.15. The standard InChI is InChI=1S/C13H18FNO/c1-9(2)10-5-4-6-11(15-10)13(16)7-12(3,14)8-13/h4-6,9,16H,7-8H2,1-3H3. The number of nitrogens with zero attached hydrogens (tertiary/aromatic N) is 1. The van der Waals surface area contributed by atoms with Crippen molar-refractivity contribution in [3.63, 3.8) is 0 Å². The first kappa shape index (κ1) is 11.5. The van der Waals surface area contributed by atoms with Gasteiger partial charge in [-0.15, -0.1) is 0 Å². The van der Waals surface area contributed by atoms with Crippen LogP contribution in [0.2, 0.25) is 0 Å². The monoisotopic (exact) mass is 223 g/mol. The quantitative estimate of drug-likeness (QED) is 0.836. The molecule has 1 saturated carbocycles. The second-order valence-electron chi connectivity index (χ2n) is 5.40. The van der Waals surface area contributed by atoms with E-state index in [4.69, 9.17) is 0 Å². The Balaban J connectivity index is 2.25. The van der Waals surface area contributed by atoms with Gasteiger partial charge in [-0.3, -0.25) is 4.98 Å². The maximum atomic E-state index is 13.5. The lowest BCUT2D eigenvalue weighted by molar-refractivity contribution is -0.141. The molecule has 1 aromatic heterocycles. The van der Waals surface area contributed by atoms with Crippen molar-refractivity contribution in [3.05, 3.63) is 29.6 Å². The predicted molar refractivity (Wildman–Crippen MR) is 61.0 cm³/mol. The first-order chi connectivity index (χ1) is 7.32. The molecule has 16 heavy (non-hydrogen) atoms. The molecule has 1 fully saturated rings. The first-order valence-electron chi connectivity index (χ1n) is 5.71. The van der Waals surface area contributed by atoms with E-state index in [0.29, 0.717) is 11.6 Å². The Labute approximate surface area is 95.5 Å². The molecule has 0 atom stereocenters. The molecule has 1 aromatic rings. The van der Waals surface area contributed by atoms with Crippen LogP contribution in [0.3, 0.4) is 0 Å². The van der Waals surface area contributed by atoms with E-state index < -0.39 is 11.3 Å². The number of halogens is 1. The van der Waals surface area contributed by atoms with Crippen LogP contribution in [0.15, 0.2) is 18.2 Å². The summed E-state index contributed by atoms with van der Waals surface area (Å²) in [6.45, 7) is 5.63. The maximum Gasteiger partial charge on any atom is 0.114 e. The topological polar surface area (TPSA) is 33.1 Å². The van der Waals surface area contributed by atoms with Crippen molar-refractivity contribution < 1.29 is 9.50 Å². The van der Waals surface area contributed by atoms with Crippen LogP contribution < -0.4 is 0 Å². The maximum absolute atomic E-state index is 13.5. The summed E-state index contributed by atoms with van der Waals surface area (Å²) in [5, 5.41) is 10.2. The van der Waals surface area contributed by atoms with Gasteiger partial charge < -0.3 is 5.11 Å².